The van der Waals surface area contributed by atoms with Crippen molar-refractivity contribution < 1.29 is 16.8 Å². The van der Waals surface area contributed by atoms with Crippen molar-refractivity contribution in [2.45, 2.75) is 17.7 Å². The summed E-state index contributed by atoms with van der Waals surface area (Å²) in [4.78, 5) is 0.133. The lowest BCUT2D eigenvalue weighted by Gasteiger charge is -2.07. The molecule has 5 N–H and O–H groups in total. The van der Waals surface area contributed by atoms with Gasteiger partial charge in [-0.25, -0.2) is 26.7 Å². The molecule has 7 nitrogen and oxygen atoms in total. The maximum Gasteiger partial charge on any atom is 0.240 e. The minimum absolute atomic E-state index is 0.0172. The van der Waals surface area contributed by atoms with Gasteiger partial charge in [0.15, 0.2) is 0 Å². The fourth-order valence-electron chi connectivity index (χ4n) is 1.57. The van der Waals surface area contributed by atoms with E-state index >= 15 is 0 Å². The Hall–Kier alpha value is -1.00. The molecule has 0 aliphatic carbocycles. The lowest BCUT2D eigenvalue weighted by atomic mass is 10.2. The fourth-order valence-corrected chi connectivity index (χ4v) is 3.19. The lowest BCUT2D eigenvalue weighted by Crippen LogP contribution is -2.27. The van der Waals surface area contributed by atoms with Gasteiger partial charge in [0, 0.05) is 6.54 Å². The van der Waals surface area contributed by atoms with Crippen molar-refractivity contribution in [1.29, 1.82) is 0 Å². The molecule has 0 bridgehead atoms. The number of primary sulfonamides is 1. The van der Waals surface area contributed by atoms with Crippen LogP contribution in [0.3, 0.4) is 0 Å². The Morgan fingerprint density at radius 1 is 1.05 bits per heavy atom. The zero-order chi connectivity index (χ0) is 15.2. The van der Waals surface area contributed by atoms with E-state index in [-0.39, 0.29) is 23.6 Å². The molecule has 0 radical (unpaired) electrons. The van der Waals surface area contributed by atoms with E-state index in [1.807, 2.05) is 0 Å². The molecule has 0 aromatic heterocycles. The van der Waals surface area contributed by atoms with Crippen LogP contribution >= 0.6 is 0 Å². The van der Waals surface area contributed by atoms with Crippen molar-refractivity contribution in [3.8, 4) is 0 Å². The number of hydrogen-bond donors (Lipinski definition) is 3. The molecule has 0 unspecified atom stereocenters. The first-order valence-corrected chi connectivity index (χ1v) is 9.23. The minimum Gasteiger partial charge on any atom is -0.330 e. The summed E-state index contributed by atoms with van der Waals surface area (Å²) in [5, 5.41) is 4.83. The van der Waals surface area contributed by atoms with E-state index in [2.05, 4.69) is 4.72 Å². The Morgan fingerprint density at radius 2 is 1.65 bits per heavy atom. The van der Waals surface area contributed by atoms with E-state index in [9.17, 15) is 16.8 Å². The molecule has 114 valence electrons. The molecule has 0 fully saturated rings. The summed E-state index contributed by atoms with van der Waals surface area (Å²) in [6.07, 6.45) is 0.811. The van der Waals surface area contributed by atoms with Gasteiger partial charge in [-0.2, -0.15) is 0 Å². The van der Waals surface area contributed by atoms with Crippen LogP contribution in [0, 0.1) is 0 Å². The van der Waals surface area contributed by atoms with Gasteiger partial charge in [-0.15, -0.1) is 0 Å². The zero-order valence-corrected chi connectivity index (χ0v) is 12.6. The average Bonchev–Trinajstić information content (AvgIpc) is 2.35. The van der Waals surface area contributed by atoms with E-state index in [4.69, 9.17) is 10.9 Å². The molecular formula is C11H19N3O4S2. The Labute approximate surface area is 119 Å². The van der Waals surface area contributed by atoms with Gasteiger partial charge < -0.3 is 5.73 Å². The largest absolute Gasteiger partial charge is 0.330 e. The second kappa shape index (κ2) is 7.14. The van der Waals surface area contributed by atoms with E-state index in [1.165, 1.54) is 12.1 Å². The Kier molecular flexibility index (Phi) is 6.08. The van der Waals surface area contributed by atoms with Gasteiger partial charge in [-0.3, -0.25) is 0 Å². The molecule has 1 aromatic rings. The van der Waals surface area contributed by atoms with Crippen molar-refractivity contribution in [3.05, 3.63) is 29.8 Å². The highest BCUT2D eigenvalue weighted by molar-refractivity contribution is 7.89. The predicted octanol–water partition coefficient (Wildman–Crippen LogP) is -0.855. The standard InChI is InChI=1S/C11H19N3O4S2/c12-7-6-10-2-4-11(5-3-10)20(17,18)14-8-1-9-19(13,15)16/h2-5,14H,1,6-9,12H2,(H2,13,15,16). The van der Waals surface area contributed by atoms with Gasteiger partial charge in [0.25, 0.3) is 0 Å². The van der Waals surface area contributed by atoms with Crippen LogP contribution in [-0.4, -0.2) is 35.7 Å². The number of nitrogens with two attached hydrogens (primary N) is 2. The quantitative estimate of drug-likeness (QED) is 0.536. The number of rotatable bonds is 8. The second-order valence-electron chi connectivity index (χ2n) is 4.30. The van der Waals surface area contributed by atoms with Crippen LogP contribution in [0.5, 0.6) is 0 Å². The van der Waals surface area contributed by atoms with E-state index in [1.54, 1.807) is 12.1 Å². The third-order valence-corrected chi connectivity index (χ3v) is 4.90. The summed E-state index contributed by atoms with van der Waals surface area (Å²) in [6, 6.07) is 6.39. The summed E-state index contributed by atoms with van der Waals surface area (Å²) in [7, 11) is -7.19. The van der Waals surface area contributed by atoms with E-state index in [0.717, 1.165) is 5.56 Å². The Morgan fingerprint density at radius 3 is 2.15 bits per heavy atom. The summed E-state index contributed by atoms with van der Waals surface area (Å²) in [6.45, 7) is 0.515. The van der Waals surface area contributed by atoms with Crippen LogP contribution in [0.2, 0.25) is 0 Å². The molecule has 0 heterocycles. The van der Waals surface area contributed by atoms with Gasteiger partial charge in [0.1, 0.15) is 0 Å². The number of sulfonamides is 2. The molecule has 9 heteroatoms. The van der Waals surface area contributed by atoms with Crippen molar-refractivity contribution in [3.63, 3.8) is 0 Å². The highest BCUT2D eigenvalue weighted by Crippen LogP contribution is 2.10. The highest BCUT2D eigenvalue weighted by Gasteiger charge is 2.13. The summed E-state index contributed by atoms with van der Waals surface area (Å²) < 4.78 is 47.6. The zero-order valence-electron chi connectivity index (χ0n) is 10.9. The van der Waals surface area contributed by atoms with Gasteiger partial charge in [0.05, 0.1) is 10.6 Å². The molecule has 1 aromatic carbocycles. The second-order valence-corrected chi connectivity index (χ2v) is 7.80. The lowest BCUT2D eigenvalue weighted by molar-refractivity contribution is 0.576. The maximum absolute atomic E-state index is 11.9. The van der Waals surface area contributed by atoms with Gasteiger partial charge >= 0.3 is 0 Å². The normalized spacial score (nSPS) is 12.5. The molecule has 1 rings (SSSR count). The smallest absolute Gasteiger partial charge is 0.240 e. The number of nitrogens with one attached hydrogen (secondary N) is 1. The van der Waals surface area contributed by atoms with Crippen LogP contribution in [0.4, 0.5) is 0 Å². The van der Waals surface area contributed by atoms with E-state index in [0.29, 0.717) is 13.0 Å². The summed E-state index contributed by atoms with van der Waals surface area (Å²) in [5.74, 6) is -0.259. The highest BCUT2D eigenvalue weighted by atomic mass is 32.2. The fraction of sp³-hybridized carbons (Fsp3) is 0.455. The molecule has 0 saturated heterocycles. The molecular weight excluding hydrogens is 302 g/mol. The maximum atomic E-state index is 11.9. The topological polar surface area (TPSA) is 132 Å². The first kappa shape index (κ1) is 17.1. The van der Waals surface area contributed by atoms with Crippen LogP contribution in [0.25, 0.3) is 0 Å². The average molecular weight is 321 g/mol. The van der Waals surface area contributed by atoms with Crippen molar-refractivity contribution in [2.24, 2.45) is 10.9 Å². The van der Waals surface area contributed by atoms with Crippen molar-refractivity contribution in [1.82, 2.24) is 4.72 Å². The molecule has 0 aliphatic rings. The Balaban J connectivity index is 2.60. The monoisotopic (exact) mass is 321 g/mol. The molecule has 0 saturated carbocycles. The molecule has 0 aliphatic heterocycles. The van der Waals surface area contributed by atoms with Crippen molar-refractivity contribution >= 4 is 20.0 Å². The molecule has 0 spiro atoms. The predicted molar refractivity (Wildman–Crippen MR) is 77.0 cm³/mol. The third-order valence-electron chi connectivity index (χ3n) is 2.56. The first-order valence-electron chi connectivity index (χ1n) is 6.04. The van der Waals surface area contributed by atoms with Gasteiger partial charge in [-0.1, -0.05) is 12.1 Å². The van der Waals surface area contributed by atoms with Gasteiger partial charge in [0.2, 0.25) is 20.0 Å². The first-order chi connectivity index (χ1) is 9.24. The number of benzene rings is 1. The summed E-state index contributed by atoms with van der Waals surface area (Å²) in [5.41, 5.74) is 6.37. The molecule has 20 heavy (non-hydrogen) atoms. The van der Waals surface area contributed by atoms with Crippen LogP contribution < -0.4 is 15.6 Å². The number of hydrogen-bond acceptors (Lipinski definition) is 5. The van der Waals surface area contributed by atoms with Crippen molar-refractivity contribution in [2.75, 3.05) is 18.8 Å². The van der Waals surface area contributed by atoms with Crippen LogP contribution in [-0.2, 0) is 26.5 Å². The van der Waals surface area contributed by atoms with E-state index < -0.39 is 20.0 Å². The SMILES string of the molecule is NCCc1ccc(S(=O)(=O)NCCCS(N)(=O)=O)cc1. The molecule has 0 amide bonds. The Bertz CT molecular complexity index is 624. The third kappa shape index (κ3) is 5.97. The minimum atomic E-state index is -3.63. The van der Waals surface area contributed by atoms with Crippen LogP contribution in [0.1, 0.15) is 12.0 Å². The molecule has 0 atom stereocenters. The van der Waals surface area contributed by atoms with Crippen LogP contribution in [0.15, 0.2) is 29.2 Å². The van der Waals surface area contributed by atoms with Gasteiger partial charge in [-0.05, 0) is 37.1 Å². The summed E-state index contributed by atoms with van der Waals surface area (Å²) >= 11 is 0.